The number of ether oxygens (including phenoxy) is 1. The molecule has 0 spiro atoms. The first-order chi connectivity index (χ1) is 12.1. The number of carbonyl (C=O) groups excluding carboxylic acids is 1. The van der Waals surface area contributed by atoms with Gasteiger partial charge in [0, 0.05) is 17.3 Å². The fraction of sp³-hybridized carbons (Fsp3) is 0.0556. The van der Waals surface area contributed by atoms with Gasteiger partial charge in [0.2, 0.25) is 0 Å². The van der Waals surface area contributed by atoms with Crippen molar-refractivity contribution in [1.29, 1.82) is 0 Å². The van der Waals surface area contributed by atoms with Gasteiger partial charge in [-0.15, -0.1) is 10.2 Å². The minimum Gasteiger partial charge on any atom is -0.497 e. The summed E-state index contributed by atoms with van der Waals surface area (Å²) in [6, 6.07) is 16.1. The summed E-state index contributed by atoms with van der Waals surface area (Å²) >= 11 is 0. The minimum absolute atomic E-state index is 0.209. The number of anilines is 3. The molecule has 1 heterocycles. The second-order valence-electron chi connectivity index (χ2n) is 5.13. The lowest BCUT2D eigenvalue weighted by Crippen LogP contribution is -2.13. The molecule has 0 fully saturated rings. The lowest BCUT2D eigenvalue weighted by Gasteiger charge is -2.08. The number of hydrogen-bond donors (Lipinski definition) is 2. The van der Waals surface area contributed by atoms with Crippen LogP contribution in [0.15, 0.2) is 60.7 Å². The number of carbonyl (C=O) groups is 1. The third-order valence-corrected chi connectivity index (χ3v) is 3.34. The molecule has 0 radical (unpaired) electrons. The Bertz CT molecular complexity index is 884. The maximum Gasteiger partial charge on any atom is 0.256 e. The number of rotatable bonds is 5. The van der Waals surface area contributed by atoms with Gasteiger partial charge in [0.15, 0.2) is 11.6 Å². The molecule has 25 heavy (non-hydrogen) atoms. The summed E-state index contributed by atoms with van der Waals surface area (Å²) in [5.41, 5.74) is 1.01. The average Bonchev–Trinajstić information content (AvgIpc) is 2.63. The van der Waals surface area contributed by atoms with Crippen LogP contribution >= 0.6 is 0 Å². The molecule has 1 amide bonds. The molecule has 2 N–H and O–H groups in total. The Balaban J connectivity index is 1.66. The highest BCUT2D eigenvalue weighted by molar-refractivity contribution is 6.03. The van der Waals surface area contributed by atoms with E-state index in [0.717, 1.165) is 17.5 Å². The standard InChI is InChI=1S/C18H15FN4O2/c1-25-15-7-3-6-14(11-15)20-16-8-9-17(23-22-16)21-18(24)12-4-2-5-13(19)10-12/h2-11H,1H3,(H,20,22)(H,21,23,24). The van der Waals surface area contributed by atoms with Crippen LogP contribution in [0.1, 0.15) is 10.4 Å². The van der Waals surface area contributed by atoms with Gasteiger partial charge < -0.3 is 15.4 Å². The lowest BCUT2D eigenvalue weighted by atomic mass is 10.2. The van der Waals surface area contributed by atoms with E-state index in [4.69, 9.17) is 4.74 Å². The maximum absolute atomic E-state index is 13.2. The molecule has 0 aliphatic heterocycles. The van der Waals surface area contributed by atoms with E-state index in [1.165, 1.54) is 18.2 Å². The van der Waals surface area contributed by atoms with Crippen molar-refractivity contribution >= 4 is 23.2 Å². The number of methoxy groups -OCH3 is 1. The quantitative estimate of drug-likeness (QED) is 0.743. The zero-order valence-corrected chi connectivity index (χ0v) is 13.4. The molecule has 2 aromatic carbocycles. The molecule has 0 aliphatic rings. The normalized spacial score (nSPS) is 10.2. The third kappa shape index (κ3) is 4.29. The second-order valence-corrected chi connectivity index (χ2v) is 5.13. The molecule has 6 nitrogen and oxygen atoms in total. The zero-order valence-electron chi connectivity index (χ0n) is 13.4. The lowest BCUT2D eigenvalue weighted by molar-refractivity contribution is 0.102. The molecule has 0 unspecified atom stereocenters. The number of hydrogen-bond acceptors (Lipinski definition) is 5. The predicted molar refractivity (Wildman–Crippen MR) is 92.7 cm³/mol. The van der Waals surface area contributed by atoms with Crippen molar-refractivity contribution in [2.45, 2.75) is 0 Å². The van der Waals surface area contributed by atoms with Crippen LogP contribution in [0.3, 0.4) is 0 Å². The fourth-order valence-electron chi connectivity index (χ4n) is 2.13. The molecule has 3 rings (SSSR count). The number of halogens is 1. The van der Waals surface area contributed by atoms with Crippen LogP contribution in [0.25, 0.3) is 0 Å². The van der Waals surface area contributed by atoms with Crippen molar-refractivity contribution in [3.05, 3.63) is 72.0 Å². The first-order valence-electron chi connectivity index (χ1n) is 7.46. The van der Waals surface area contributed by atoms with Gasteiger partial charge in [-0.25, -0.2) is 4.39 Å². The molecular weight excluding hydrogens is 323 g/mol. The van der Waals surface area contributed by atoms with Gasteiger partial charge in [-0.2, -0.15) is 0 Å². The Kier molecular flexibility index (Phi) is 4.84. The Hall–Kier alpha value is -3.48. The molecule has 126 valence electrons. The summed E-state index contributed by atoms with van der Waals surface area (Å²) in [6.07, 6.45) is 0. The number of amides is 1. The molecule has 0 saturated heterocycles. The molecule has 0 aliphatic carbocycles. The van der Waals surface area contributed by atoms with E-state index < -0.39 is 11.7 Å². The summed E-state index contributed by atoms with van der Waals surface area (Å²) in [7, 11) is 1.59. The molecular formula is C18H15FN4O2. The van der Waals surface area contributed by atoms with Crippen molar-refractivity contribution in [3.63, 3.8) is 0 Å². The van der Waals surface area contributed by atoms with Crippen molar-refractivity contribution in [2.75, 3.05) is 17.7 Å². The van der Waals surface area contributed by atoms with Crippen molar-refractivity contribution in [3.8, 4) is 5.75 Å². The van der Waals surface area contributed by atoms with E-state index >= 15 is 0 Å². The molecule has 0 bridgehead atoms. The first-order valence-corrected chi connectivity index (χ1v) is 7.46. The molecule has 0 atom stereocenters. The van der Waals surface area contributed by atoms with Gasteiger partial charge in [0.1, 0.15) is 11.6 Å². The molecule has 7 heteroatoms. The highest BCUT2D eigenvalue weighted by Gasteiger charge is 2.08. The van der Waals surface area contributed by atoms with Crippen molar-refractivity contribution < 1.29 is 13.9 Å². The van der Waals surface area contributed by atoms with Crippen LogP contribution in [0.2, 0.25) is 0 Å². The topological polar surface area (TPSA) is 76.1 Å². The average molecular weight is 338 g/mol. The zero-order chi connectivity index (χ0) is 17.6. The van der Waals surface area contributed by atoms with Crippen LogP contribution in [-0.2, 0) is 0 Å². The summed E-state index contributed by atoms with van der Waals surface area (Å²) in [5, 5.41) is 13.6. The van der Waals surface area contributed by atoms with Gasteiger partial charge in [0.05, 0.1) is 7.11 Å². The van der Waals surface area contributed by atoms with Gasteiger partial charge >= 0.3 is 0 Å². The van der Waals surface area contributed by atoms with Crippen LogP contribution in [-0.4, -0.2) is 23.2 Å². The van der Waals surface area contributed by atoms with Crippen molar-refractivity contribution in [1.82, 2.24) is 10.2 Å². The van der Waals surface area contributed by atoms with E-state index in [0.29, 0.717) is 5.82 Å². The Morgan fingerprint density at radius 3 is 2.48 bits per heavy atom. The van der Waals surface area contributed by atoms with Gasteiger partial charge in [-0.1, -0.05) is 12.1 Å². The van der Waals surface area contributed by atoms with E-state index in [9.17, 15) is 9.18 Å². The van der Waals surface area contributed by atoms with E-state index in [1.807, 2.05) is 24.3 Å². The summed E-state index contributed by atoms with van der Waals surface area (Å²) in [4.78, 5) is 12.0. The van der Waals surface area contributed by atoms with E-state index in [1.54, 1.807) is 19.2 Å². The monoisotopic (exact) mass is 338 g/mol. The van der Waals surface area contributed by atoms with Gasteiger partial charge in [0.25, 0.3) is 5.91 Å². The SMILES string of the molecule is COc1cccc(Nc2ccc(NC(=O)c3cccc(F)c3)nn2)c1. The van der Waals surface area contributed by atoms with Crippen molar-refractivity contribution in [2.24, 2.45) is 0 Å². The van der Waals surface area contributed by atoms with E-state index in [-0.39, 0.29) is 11.4 Å². The Morgan fingerprint density at radius 2 is 1.76 bits per heavy atom. The highest BCUT2D eigenvalue weighted by Crippen LogP contribution is 2.20. The number of nitrogens with one attached hydrogen (secondary N) is 2. The fourth-order valence-corrected chi connectivity index (χ4v) is 2.13. The third-order valence-electron chi connectivity index (χ3n) is 3.34. The Morgan fingerprint density at radius 1 is 1.00 bits per heavy atom. The smallest absolute Gasteiger partial charge is 0.256 e. The van der Waals surface area contributed by atoms with Crippen LogP contribution < -0.4 is 15.4 Å². The van der Waals surface area contributed by atoms with Crippen LogP contribution in [0.5, 0.6) is 5.75 Å². The maximum atomic E-state index is 13.2. The number of nitrogens with zero attached hydrogens (tertiary/aromatic N) is 2. The minimum atomic E-state index is -0.475. The van der Waals surface area contributed by atoms with Crippen LogP contribution in [0, 0.1) is 5.82 Å². The molecule has 3 aromatic rings. The first kappa shape index (κ1) is 16.4. The number of aromatic nitrogens is 2. The summed E-state index contributed by atoms with van der Waals surface area (Å²) in [5.74, 6) is 0.568. The summed E-state index contributed by atoms with van der Waals surface area (Å²) in [6.45, 7) is 0. The molecule has 1 aromatic heterocycles. The number of benzene rings is 2. The van der Waals surface area contributed by atoms with Crippen LogP contribution in [0.4, 0.5) is 21.7 Å². The van der Waals surface area contributed by atoms with Gasteiger partial charge in [-0.05, 0) is 42.5 Å². The largest absolute Gasteiger partial charge is 0.497 e. The predicted octanol–water partition coefficient (Wildman–Crippen LogP) is 3.62. The van der Waals surface area contributed by atoms with E-state index in [2.05, 4.69) is 20.8 Å². The highest BCUT2D eigenvalue weighted by atomic mass is 19.1. The van der Waals surface area contributed by atoms with Gasteiger partial charge in [-0.3, -0.25) is 4.79 Å². The Labute approximate surface area is 143 Å². The molecule has 0 saturated carbocycles. The second kappa shape index (κ2) is 7.39. The summed E-state index contributed by atoms with van der Waals surface area (Å²) < 4.78 is 18.3.